The number of hydrogen-bond donors (Lipinski definition) is 3. The van der Waals surface area contributed by atoms with E-state index in [1.54, 1.807) is 24.4 Å². The lowest BCUT2D eigenvalue weighted by Crippen LogP contribution is -2.33. The van der Waals surface area contributed by atoms with E-state index in [9.17, 15) is 14.7 Å². The van der Waals surface area contributed by atoms with E-state index in [-0.39, 0.29) is 22.1 Å². The average Bonchev–Trinajstić information content (AvgIpc) is 3.20. The van der Waals surface area contributed by atoms with Gasteiger partial charge in [-0.2, -0.15) is 0 Å². The highest BCUT2D eigenvalue weighted by Crippen LogP contribution is 2.32. The van der Waals surface area contributed by atoms with E-state index < -0.39 is 18.1 Å². The average molecular weight is 518 g/mol. The van der Waals surface area contributed by atoms with E-state index in [1.807, 2.05) is 42.5 Å². The van der Waals surface area contributed by atoms with E-state index in [1.165, 1.54) is 18.2 Å². The quantitative estimate of drug-likeness (QED) is 0.316. The SMILES string of the molecule is O=C(NC1c2ccccc2C[C@@H]1O)c1ccc(C(=O)Nc2ccc(Cl)c(-c3ccccn3)c2)c(Cl)c1. The van der Waals surface area contributed by atoms with Gasteiger partial charge in [0.25, 0.3) is 11.8 Å². The number of aliphatic hydroxyl groups excluding tert-OH is 1. The second-order valence-corrected chi connectivity index (χ2v) is 9.29. The number of hydrogen-bond acceptors (Lipinski definition) is 4. The van der Waals surface area contributed by atoms with E-state index in [4.69, 9.17) is 23.2 Å². The molecule has 4 aromatic rings. The smallest absolute Gasteiger partial charge is 0.257 e. The van der Waals surface area contributed by atoms with Gasteiger partial charge in [0.15, 0.2) is 0 Å². The van der Waals surface area contributed by atoms with Crippen LogP contribution in [0.2, 0.25) is 10.0 Å². The number of halogens is 2. The van der Waals surface area contributed by atoms with E-state index in [0.717, 1.165) is 11.1 Å². The van der Waals surface area contributed by atoms with Crippen molar-refractivity contribution in [2.45, 2.75) is 18.6 Å². The highest BCUT2D eigenvalue weighted by molar-refractivity contribution is 6.35. The minimum Gasteiger partial charge on any atom is -0.390 e. The molecular weight excluding hydrogens is 497 g/mol. The summed E-state index contributed by atoms with van der Waals surface area (Å²) in [6, 6.07) is 22.2. The first kappa shape index (κ1) is 24.0. The molecule has 0 spiro atoms. The molecule has 0 saturated heterocycles. The molecule has 1 aliphatic carbocycles. The fraction of sp³-hybridized carbons (Fsp3) is 0.107. The number of benzene rings is 3. The summed E-state index contributed by atoms with van der Waals surface area (Å²) in [6.07, 6.45) is 1.44. The maximum absolute atomic E-state index is 12.9. The Morgan fingerprint density at radius 2 is 1.69 bits per heavy atom. The first-order chi connectivity index (χ1) is 17.4. The number of nitrogens with one attached hydrogen (secondary N) is 2. The largest absolute Gasteiger partial charge is 0.390 e. The van der Waals surface area contributed by atoms with Crippen molar-refractivity contribution in [1.29, 1.82) is 0 Å². The molecule has 5 rings (SSSR count). The zero-order valence-corrected chi connectivity index (χ0v) is 20.4. The van der Waals surface area contributed by atoms with Crippen LogP contribution in [0.5, 0.6) is 0 Å². The van der Waals surface area contributed by atoms with Crippen LogP contribution in [0.25, 0.3) is 11.3 Å². The van der Waals surface area contributed by atoms with Gasteiger partial charge in [-0.05, 0) is 59.7 Å². The Kier molecular flexibility index (Phi) is 6.74. The predicted molar refractivity (Wildman–Crippen MR) is 140 cm³/mol. The van der Waals surface area contributed by atoms with Gasteiger partial charge < -0.3 is 15.7 Å². The summed E-state index contributed by atoms with van der Waals surface area (Å²) < 4.78 is 0. The van der Waals surface area contributed by atoms with Gasteiger partial charge in [-0.1, -0.05) is 53.5 Å². The van der Waals surface area contributed by atoms with E-state index >= 15 is 0 Å². The van der Waals surface area contributed by atoms with Crippen molar-refractivity contribution in [2.24, 2.45) is 0 Å². The lowest BCUT2D eigenvalue weighted by molar-refractivity contribution is 0.0857. The second-order valence-electron chi connectivity index (χ2n) is 8.48. The number of carbonyl (C=O) groups excluding carboxylic acids is 2. The first-order valence-corrected chi connectivity index (χ1v) is 12.0. The molecule has 36 heavy (non-hydrogen) atoms. The molecule has 180 valence electrons. The molecule has 3 aromatic carbocycles. The summed E-state index contributed by atoms with van der Waals surface area (Å²) in [6.45, 7) is 0. The number of amides is 2. The summed E-state index contributed by atoms with van der Waals surface area (Å²) in [5.41, 5.74) is 4.30. The summed E-state index contributed by atoms with van der Waals surface area (Å²) in [7, 11) is 0. The van der Waals surface area contributed by atoms with Gasteiger partial charge in [-0.3, -0.25) is 14.6 Å². The molecule has 0 fully saturated rings. The van der Waals surface area contributed by atoms with Crippen molar-refractivity contribution in [2.75, 3.05) is 5.32 Å². The molecular formula is C28H21Cl2N3O3. The van der Waals surface area contributed by atoms with Crippen molar-refractivity contribution in [3.63, 3.8) is 0 Å². The van der Waals surface area contributed by atoms with E-state index in [0.29, 0.717) is 28.4 Å². The van der Waals surface area contributed by atoms with Crippen molar-refractivity contribution < 1.29 is 14.7 Å². The fourth-order valence-corrected chi connectivity index (χ4v) is 4.81. The third-order valence-corrected chi connectivity index (χ3v) is 6.77. The van der Waals surface area contributed by atoms with Gasteiger partial charge in [-0.15, -0.1) is 0 Å². The minimum atomic E-state index is -0.706. The fourth-order valence-electron chi connectivity index (χ4n) is 4.33. The monoisotopic (exact) mass is 517 g/mol. The predicted octanol–water partition coefficient (Wildman–Crippen LogP) is 5.70. The zero-order chi connectivity index (χ0) is 25.2. The number of carbonyl (C=O) groups is 2. The molecule has 0 saturated carbocycles. The van der Waals surface area contributed by atoms with Crippen LogP contribution in [0, 0.1) is 0 Å². The number of rotatable bonds is 5. The van der Waals surface area contributed by atoms with Crippen LogP contribution < -0.4 is 10.6 Å². The van der Waals surface area contributed by atoms with Gasteiger partial charge in [0.05, 0.1) is 33.4 Å². The summed E-state index contributed by atoms with van der Waals surface area (Å²) in [5.74, 6) is -0.816. The summed E-state index contributed by atoms with van der Waals surface area (Å²) in [4.78, 5) is 30.1. The molecule has 1 aliphatic rings. The normalized spacial score (nSPS) is 16.3. The number of nitrogens with zero attached hydrogens (tertiary/aromatic N) is 1. The third-order valence-electron chi connectivity index (χ3n) is 6.13. The van der Waals surface area contributed by atoms with Crippen LogP contribution in [-0.2, 0) is 6.42 Å². The molecule has 1 aromatic heterocycles. The maximum atomic E-state index is 12.9. The standard InChI is InChI=1S/C28H21Cl2N3O3/c29-22-11-9-18(15-21(22)24-7-3-4-12-31-24)32-28(36)20-10-8-17(13-23(20)30)27(35)33-26-19-6-2-1-5-16(19)14-25(26)34/h1-13,15,25-26,34H,14H2,(H,32,36)(H,33,35)/t25-,26?/m0/s1. The molecule has 0 radical (unpaired) electrons. The van der Waals surface area contributed by atoms with Crippen LogP contribution >= 0.6 is 23.2 Å². The lowest BCUT2D eigenvalue weighted by atomic mass is 10.1. The Morgan fingerprint density at radius 1 is 0.889 bits per heavy atom. The maximum Gasteiger partial charge on any atom is 0.257 e. The van der Waals surface area contributed by atoms with Gasteiger partial charge >= 0.3 is 0 Å². The van der Waals surface area contributed by atoms with Crippen molar-refractivity contribution in [3.05, 3.63) is 117 Å². The first-order valence-electron chi connectivity index (χ1n) is 11.3. The van der Waals surface area contributed by atoms with E-state index in [2.05, 4.69) is 15.6 Å². The molecule has 3 N–H and O–H groups in total. The second kappa shape index (κ2) is 10.1. The highest BCUT2D eigenvalue weighted by atomic mass is 35.5. The molecule has 1 unspecified atom stereocenters. The van der Waals surface area contributed by atoms with Crippen LogP contribution in [0.4, 0.5) is 5.69 Å². The molecule has 1 heterocycles. The van der Waals surface area contributed by atoms with Crippen LogP contribution in [0.3, 0.4) is 0 Å². The number of aliphatic hydroxyl groups is 1. The third kappa shape index (κ3) is 4.84. The molecule has 0 bridgehead atoms. The van der Waals surface area contributed by atoms with Gasteiger partial charge in [0.2, 0.25) is 0 Å². The van der Waals surface area contributed by atoms with Gasteiger partial charge in [-0.25, -0.2) is 0 Å². The number of fused-ring (bicyclic) bond motifs is 1. The molecule has 8 heteroatoms. The van der Waals surface area contributed by atoms with Crippen molar-refractivity contribution in [1.82, 2.24) is 10.3 Å². The Morgan fingerprint density at radius 3 is 2.47 bits per heavy atom. The minimum absolute atomic E-state index is 0.131. The Bertz CT molecular complexity index is 1460. The van der Waals surface area contributed by atoms with Crippen molar-refractivity contribution in [3.8, 4) is 11.3 Å². The molecule has 6 nitrogen and oxygen atoms in total. The number of pyridine rings is 1. The molecule has 0 aliphatic heterocycles. The number of anilines is 1. The van der Waals surface area contributed by atoms with Gasteiger partial charge in [0, 0.05) is 29.4 Å². The highest BCUT2D eigenvalue weighted by Gasteiger charge is 2.32. The lowest BCUT2D eigenvalue weighted by Gasteiger charge is -2.18. The van der Waals surface area contributed by atoms with Crippen LogP contribution in [-0.4, -0.2) is 28.0 Å². The topological polar surface area (TPSA) is 91.3 Å². The summed E-state index contributed by atoms with van der Waals surface area (Å²) in [5, 5.41) is 16.8. The van der Waals surface area contributed by atoms with Crippen LogP contribution in [0.1, 0.15) is 37.9 Å². The molecule has 2 amide bonds. The Hall–Kier alpha value is -3.71. The molecule has 2 atom stereocenters. The zero-order valence-electron chi connectivity index (χ0n) is 18.9. The number of aromatic nitrogens is 1. The van der Waals surface area contributed by atoms with Crippen LogP contribution in [0.15, 0.2) is 85.1 Å². The Labute approximate surface area is 217 Å². The Balaban J connectivity index is 1.31. The van der Waals surface area contributed by atoms with Crippen molar-refractivity contribution >= 4 is 40.7 Å². The summed E-state index contributed by atoms with van der Waals surface area (Å²) >= 11 is 12.7. The van der Waals surface area contributed by atoms with Gasteiger partial charge in [0.1, 0.15) is 0 Å².